The molecule has 4 heterocycles. The van der Waals surface area contributed by atoms with E-state index in [0.717, 1.165) is 37.1 Å². The van der Waals surface area contributed by atoms with Crippen LogP contribution in [0, 0.1) is 6.92 Å². The Kier molecular flexibility index (Phi) is 7.47. The highest BCUT2D eigenvalue weighted by Gasteiger charge is 2.34. The lowest BCUT2D eigenvalue weighted by Crippen LogP contribution is -2.51. The molecule has 0 aliphatic carbocycles. The van der Waals surface area contributed by atoms with Gasteiger partial charge in [-0.05, 0) is 51.7 Å². The zero-order chi connectivity index (χ0) is 23.4. The molecule has 9 heteroatoms. The number of ether oxygens (including phenoxy) is 2. The van der Waals surface area contributed by atoms with Gasteiger partial charge in [-0.15, -0.1) is 0 Å². The SMILES string of the molecule is CCOC(=O)N1CCN(C(=O)c2ccc(C)nc2C2CCN(C(=O)C3CCCO3)CC2)CC1. The highest BCUT2D eigenvalue weighted by molar-refractivity contribution is 5.95. The summed E-state index contributed by atoms with van der Waals surface area (Å²) in [5.74, 6) is 0.191. The van der Waals surface area contributed by atoms with E-state index in [9.17, 15) is 14.4 Å². The lowest BCUT2D eigenvalue weighted by Gasteiger charge is -2.36. The molecule has 0 aromatic carbocycles. The Bertz CT molecular complexity index is 870. The zero-order valence-corrected chi connectivity index (χ0v) is 19.6. The third-order valence-electron chi connectivity index (χ3n) is 6.79. The maximum atomic E-state index is 13.4. The fourth-order valence-corrected chi connectivity index (χ4v) is 4.90. The topological polar surface area (TPSA) is 92.3 Å². The van der Waals surface area contributed by atoms with E-state index < -0.39 is 0 Å². The molecule has 1 unspecified atom stereocenters. The number of carbonyl (C=O) groups is 3. The standard InChI is InChI=1S/C24H34N4O5/c1-3-32-24(31)28-14-12-27(13-15-28)22(29)19-7-6-17(2)25-21(19)18-8-10-26(11-9-18)23(30)20-5-4-16-33-20/h6-7,18,20H,3-5,8-16H2,1-2H3. The van der Waals surface area contributed by atoms with Gasteiger partial charge in [-0.2, -0.15) is 0 Å². The smallest absolute Gasteiger partial charge is 0.409 e. The van der Waals surface area contributed by atoms with Gasteiger partial charge in [0.2, 0.25) is 0 Å². The molecule has 0 bridgehead atoms. The van der Waals surface area contributed by atoms with E-state index in [4.69, 9.17) is 14.5 Å². The monoisotopic (exact) mass is 458 g/mol. The Balaban J connectivity index is 1.40. The van der Waals surface area contributed by atoms with E-state index in [-0.39, 0.29) is 29.9 Å². The van der Waals surface area contributed by atoms with E-state index in [2.05, 4.69) is 0 Å². The van der Waals surface area contributed by atoms with E-state index >= 15 is 0 Å². The third-order valence-corrected chi connectivity index (χ3v) is 6.79. The van der Waals surface area contributed by atoms with Gasteiger partial charge in [0.1, 0.15) is 6.10 Å². The number of piperazine rings is 1. The second kappa shape index (κ2) is 10.5. The van der Waals surface area contributed by atoms with Crippen molar-refractivity contribution in [2.75, 3.05) is 52.5 Å². The number of hydrogen-bond acceptors (Lipinski definition) is 6. The van der Waals surface area contributed by atoms with Crippen LogP contribution in [0.15, 0.2) is 12.1 Å². The summed E-state index contributed by atoms with van der Waals surface area (Å²) in [6, 6.07) is 3.75. The fourth-order valence-electron chi connectivity index (χ4n) is 4.90. The van der Waals surface area contributed by atoms with Gasteiger partial charge in [0.25, 0.3) is 11.8 Å². The summed E-state index contributed by atoms with van der Waals surface area (Å²) in [6.45, 7) is 7.91. The van der Waals surface area contributed by atoms with Crippen molar-refractivity contribution in [2.45, 2.75) is 51.6 Å². The second-order valence-electron chi connectivity index (χ2n) is 8.96. The average Bonchev–Trinajstić information content (AvgIpc) is 3.38. The normalized spacial score (nSPS) is 21.9. The van der Waals surface area contributed by atoms with E-state index in [1.165, 1.54) is 0 Å². The predicted octanol–water partition coefficient (Wildman–Crippen LogP) is 2.19. The van der Waals surface area contributed by atoms with Crippen molar-refractivity contribution >= 4 is 17.9 Å². The molecule has 9 nitrogen and oxygen atoms in total. The molecule has 0 radical (unpaired) electrons. The number of aromatic nitrogens is 1. The van der Waals surface area contributed by atoms with Gasteiger partial charge in [-0.25, -0.2) is 4.79 Å². The van der Waals surface area contributed by atoms with Crippen molar-refractivity contribution in [1.82, 2.24) is 19.7 Å². The minimum absolute atomic E-state index is 0.0427. The molecule has 1 aromatic heterocycles. The molecule has 3 aliphatic rings. The summed E-state index contributed by atoms with van der Waals surface area (Å²) in [4.78, 5) is 48.1. The number of likely N-dealkylation sites (tertiary alicyclic amines) is 1. The highest BCUT2D eigenvalue weighted by Crippen LogP contribution is 2.31. The maximum Gasteiger partial charge on any atom is 0.409 e. The van der Waals surface area contributed by atoms with Gasteiger partial charge in [0, 0.05) is 57.5 Å². The second-order valence-corrected chi connectivity index (χ2v) is 8.96. The van der Waals surface area contributed by atoms with Gasteiger partial charge in [0.15, 0.2) is 0 Å². The lowest BCUT2D eigenvalue weighted by atomic mass is 9.89. The van der Waals surface area contributed by atoms with Crippen LogP contribution in [-0.4, -0.2) is 96.2 Å². The zero-order valence-electron chi connectivity index (χ0n) is 19.6. The summed E-state index contributed by atoms with van der Waals surface area (Å²) in [7, 11) is 0. The Morgan fingerprint density at radius 2 is 1.70 bits per heavy atom. The number of rotatable bonds is 4. The molecular formula is C24H34N4O5. The molecule has 33 heavy (non-hydrogen) atoms. The molecule has 0 saturated carbocycles. The fraction of sp³-hybridized carbons (Fsp3) is 0.667. The molecule has 3 saturated heterocycles. The van der Waals surface area contributed by atoms with Crippen molar-refractivity contribution in [3.63, 3.8) is 0 Å². The first-order valence-electron chi connectivity index (χ1n) is 12.1. The number of amides is 3. The van der Waals surface area contributed by atoms with Crippen LogP contribution in [0.2, 0.25) is 0 Å². The van der Waals surface area contributed by atoms with E-state index in [1.807, 2.05) is 24.0 Å². The molecule has 1 aromatic rings. The molecule has 0 spiro atoms. The highest BCUT2D eigenvalue weighted by atomic mass is 16.6. The van der Waals surface area contributed by atoms with Crippen LogP contribution in [0.3, 0.4) is 0 Å². The number of pyridine rings is 1. The Morgan fingerprint density at radius 3 is 2.33 bits per heavy atom. The van der Waals surface area contributed by atoms with Gasteiger partial charge in [-0.3, -0.25) is 14.6 Å². The Morgan fingerprint density at radius 1 is 1.00 bits per heavy atom. The van der Waals surface area contributed by atoms with E-state index in [1.54, 1.807) is 16.7 Å². The number of nitrogens with zero attached hydrogens (tertiary/aromatic N) is 4. The first-order chi connectivity index (χ1) is 16.0. The number of carbonyl (C=O) groups excluding carboxylic acids is 3. The molecule has 4 rings (SSSR count). The lowest BCUT2D eigenvalue weighted by molar-refractivity contribution is -0.142. The summed E-state index contributed by atoms with van der Waals surface area (Å²) in [5, 5.41) is 0. The summed E-state index contributed by atoms with van der Waals surface area (Å²) >= 11 is 0. The van der Waals surface area contributed by atoms with Crippen molar-refractivity contribution in [1.29, 1.82) is 0 Å². The van der Waals surface area contributed by atoms with Crippen LogP contribution in [0.25, 0.3) is 0 Å². The minimum Gasteiger partial charge on any atom is -0.450 e. The van der Waals surface area contributed by atoms with Crippen LogP contribution >= 0.6 is 0 Å². The van der Waals surface area contributed by atoms with Crippen molar-refractivity contribution < 1.29 is 23.9 Å². The van der Waals surface area contributed by atoms with Gasteiger partial charge in [0.05, 0.1) is 17.9 Å². The first-order valence-corrected chi connectivity index (χ1v) is 12.1. The minimum atomic E-state index is -0.327. The van der Waals surface area contributed by atoms with Gasteiger partial charge in [-0.1, -0.05) is 0 Å². The quantitative estimate of drug-likeness (QED) is 0.687. The Labute approximate surface area is 195 Å². The van der Waals surface area contributed by atoms with Crippen LogP contribution in [0.5, 0.6) is 0 Å². The molecule has 0 N–H and O–H groups in total. The summed E-state index contributed by atoms with van der Waals surface area (Å²) in [5.41, 5.74) is 2.35. The summed E-state index contributed by atoms with van der Waals surface area (Å²) < 4.78 is 10.6. The van der Waals surface area contributed by atoms with Crippen LogP contribution < -0.4 is 0 Å². The molecule has 3 amide bonds. The Hall–Kier alpha value is -2.68. The average molecular weight is 459 g/mol. The van der Waals surface area contributed by atoms with E-state index in [0.29, 0.717) is 58.0 Å². The maximum absolute atomic E-state index is 13.4. The molecule has 3 aliphatic heterocycles. The molecule has 180 valence electrons. The predicted molar refractivity (Wildman–Crippen MR) is 121 cm³/mol. The molecule has 1 atom stereocenters. The van der Waals surface area contributed by atoms with Crippen LogP contribution in [0.4, 0.5) is 4.79 Å². The van der Waals surface area contributed by atoms with Crippen molar-refractivity contribution in [3.05, 3.63) is 29.1 Å². The first kappa shape index (κ1) is 23.5. The number of piperidine rings is 1. The largest absolute Gasteiger partial charge is 0.450 e. The number of hydrogen-bond donors (Lipinski definition) is 0. The van der Waals surface area contributed by atoms with Gasteiger partial charge < -0.3 is 24.2 Å². The molecular weight excluding hydrogens is 424 g/mol. The van der Waals surface area contributed by atoms with Crippen LogP contribution in [-0.2, 0) is 14.3 Å². The number of aryl methyl sites for hydroxylation is 1. The summed E-state index contributed by atoms with van der Waals surface area (Å²) in [6.07, 6.45) is 2.70. The van der Waals surface area contributed by atoms with Gasteiger partial charge >= 0.3 is 6.09 Å². The molecule has 3 fully saturated rings. The van der Waals surface area contributed by atoms with Crippen LogP contribution in [0.1, 0.15) is 60.3 Å². The van der Waals surface area contributed by atoms with Crippen molar-refractivity contribution in [3.8, 4) is 0 Å². The third kappa shape index (κ3) is 5.29. The van der Waals surface area contributed by atoms with Crippen molar-refractivity contribution in [2.24, 2.45) is 0 Å².